The Labute approximate surface area is 98.5 Å². The van der Waals surface area contributed by atoms with E-state index in [9.17, 15) is 9.59 Å². The predicted molar refractivity (Wildman–Crippen MR) is 63.4 cm³/mol. The number of carbonyl (C=O) groups is 2. The van der Waals surface area contributed by atoms with Crippen LogP contribution < -0.4 is 0 Å². The van der Waals surface area contributed by atoms with Crippen LogP contribution >= 0.6 is 0 Å². The molecule has 1 rings (SSSR count). The molecule has 2 N–H and O–H groups in total. The molecular weight excluding hydrogens is 220 g/mol. The molecule has 0 aromatic heterocycles. The fourth-order valence-corrected chi connectivity index (χ4v) is 1.30. The minimum Gasteiger partial charge on any atom is -0.477 e. The van der Waals surface area contributed by atoms with Crippen LogP contribution in [0.15, 0.2) is 47.6 Å². The normalized spacial score (nSPS) is 10.2. The summed E-state index contributed by atoms with van der Waals surface area (Å²) >= 11 is 0. The van der Waals surface area contributed by atoms with E-state index in [2.05, 4.69) is 0 Å². The molecule has 88 valence electrons. The smallest absolute Gasteiger partial charge is 0.343 e. The molecule has 0 radical (unpaired) electrons. The van der Waals surface area contributed by atoms with Crippen LogP contribution in [-0.2, 0) is 9.59 Å². The van der Waals surface area contributed by atoms with Gasteiger partial charge in [0.15, 0.2) is 0 Å². The maximum atomic E-state index is 10.7. The molecular formula is C13H12O4. The van der Waals surface area contributed by atoms with Gasteiger partial charge in [0.25, 0.3) is 0 Å². The molecule has 0 bridgehead atoms. The second kappa shape index (κ2) is 5.65. The number of hydrogen-bond acceptors (Lipinski definition) is 2. The Bertz CT molecular complexity index is 467. The maximum Gasteiger partial charge on any atom is 0.343 e. The zero-order valence-electron chi connectivity index (χ0n) is 9.25. The molecule has 0 unspecified atom stereocenters. The quantitative estimate of drug-likeness (QED) is 0.361. The van der Waals surface area contributed by atoms with Crippen molar-refractivity contribution in [3.8, 4) is 0 Å². The van der Waals surface area contributed by atoms with Crippen molar-refractivity contribution < 1.29 is 19.8 Å². The predicted octanol–water partition coefficient (Wildman–Crippen LogP) is 2.19. The highest BCUT2D eigenvalue weighted by molar-refractivity contribution is 6.13. The third kappa shape index (κ3) is 3.61. The molecule has 1 aromatic rings. The number of aliphatic carboxylic acids is 2. The van der Waals surface area contributed by atoms with Crippen molar-refractivity contribution in [1.82, 2.24) is 0 Å². The Balaban J connectivity index is 3.01. The maximum absolute atomic E-state index is 10.7. The molecule has 4 nitrogen and oxygen atoms in total. The van der Waals surface area contributed by atoms with E-state index in [4.69, 9.17) is 10.2 Å². The van der Waals surface area contributed by atoms with Crippen LogP contribution in [0.3, 0.4) is 0 Å². The third-order valence-corrected chi connectivity index (χ3v) is 2.15. The highest BCUT2D eigenvalue weighted by Gasteiger charge is 2.17. The van der Waals surface area contributed by atoms with E-state index in [-0.39, 0.29) is 5.57 Å². The SMILES string of the molecule is CC(/C=C/c1ccccc1)=C(C(=O)O)C(=O)O. The fraction of sp³-hybridized carbons (Fsp3) is 0.0769. The van der Waals surface area contributed by atoms with Crippen molar-refractivity contribution in [3.05, 3.63) is 53.1 Å². The second-order valence-corrected chi connectivity index (χ2v) is 3.41. The van der Waals surface area contributed by atoms with Gasteiger partial charge in [0.2, 0.25) is 0 Å². The Hall–Kier alpha value is -2.36. The van der Waals surface area contributed by atoms with Crippen LogP contribution in [0.25, 0.3) is 6.08 Å². The standard InChI is InChI=1S/C13H12O4/c1-9(11(12(14)15)13(16)17)7-8-10-5-3-2-4-6-10/h2-8H,1H3,(H,14,15)(H,16,17)/b8-7+. The van der Waals surface area contributed by atoms with E-state index >= 15 is 0 Å². The Morgan fingerprint density at radius 2 is 1.59 bits per heavy atom. The van der Waals surface area contributed by atoms with Crippen LogP contribution in [0.1, 0.15) is 12.5 Å². The lowest BCUT2D eigenvalue weighted by Gasteiger charge is -1.99. The van der Waals surface area contributed by atoms with Gasteiger partial charge in [0.1, 0.15) is 5.57 Å². The molecule has 0 saturated carbocycles. The number of carboxylic acid groups (broad SMARTS) is 2. The van der Waals surface area contributed by atoms with Gasteiger partial charge >= 0.3 is 11.9 Å². The van der Waals surface area contributed by atoms with Gasteiger partial charge in [-0.1, -0.05) is 42.5 Å². The first-order valence-electron chi connectivity index (χ1n) is 4.93. The topological polar surface area (TPSA) is 74.6 Å². The molecule has 4 heteroatoms. The molecule has 0 spiro atoms. The average molecular weight is 232 g/mol. The molecule has 0 aliphatic carbocycles. The van der Waals surface area contributed by atoms with Gasteiger partial charge in [0, 0.05) is 0 Å². The summed E-state index contributed by atoms with van der Waals surface area (Å²) in [6.07, 6.45) is 3.15. The summed E-state index contributed by atoms with van der Waals surface area (Å²) in [6, 6.07) is 9.22. The van der Waals surface area contributed by atoms with Crippen LogP contribution in [0.5, 0.6) is 0 Å². The summed E-state index contributed by atoms with van der Waals surface area (Å²) < 4.78 is 0. The Morgan fingerprint density at radius 1 is 1.06 bits per heavy atom. The number of allylic oxidation sites excluding steroid dienone is 2. The first-order valence-corrected chi connectivity index (χ1v) is 4.93. The zero-order valence-corrected chi connectivity index (χ0v) is 9.25. The summed E-state index contributed by atoms with van der Waals surface area (Å²) in [5.41, 5.74) is 0.466. The summed E-state index contributed by atoms with van der Waals surface area (Å²) in [6.45, 7) is 1.46. The van der Waals surface area contributed by atoms with Crippen molar-refractivity contribution in [2.75, 3.05) is 0 Å². The highest BCUT2D eigenvalue weighted by atomic mass is 16.4. The molecule has 0 amide bonds. The number of hydrogen-bond donors (Lipinski definition) is 2. The molecule has 0 fully saturated rings. The average Bonchev–Trinajstić information content (AvgIpc) is 2.27. The first-order chi connectivity index (χ1) is 8.02. The number of rotatable bonds is 4. The molecule has 0 aliphatic heterocycles. The number of benzene rings is 1. The van der Waals surface area contributed by atoms with Crippen molar-refractivity contribution in [3.63, 3.8) is 0 Å². The van der Waals surface area contributed by atoms with Gasteiger partial charge in [0.05, 0.1) is 0 Å². The summed E-state index contributed by atoms with van der Waals surface area (Å²) in [5, 5.41) is 17.5. The Kier molecular flexibility index (Phi) is 4.22. The molecule has 17 heavy (non-hydrogen) atoms. The van der Waals surface area contributed by atoms with Gasteiger partial charge in [-0.3, -0.25) is 0 Å². The minimum absolute atomic E-state index is 0.203. The summed E-state index contributed by atoms with van der Waals surface area (Å²) in [7, 11) is 0. The van der Waals surface area contributed by atoms with Crippen molar-refractivity contribution in [2.45, 2.75) is 6.92 Å². The monoisotopic (exact) mass is 232 g/mol. The number of carboxylic acids is 2. The second-order valence-electron chi connectivity index (χ2n) is 3.41. The lowest BCUT2D eigenvalue weighted by atomic mass is 10.1. The van der Waals surface area contributed by atoms with Crippen molar-refractivity contribution in [2.24, 2.45) is 0 Å². The zero-order chi connectivity index (χ0) is 12.8. The summed E-state index contributed by atoms with van der Waals surface area (Å²) in [4.78, 5) is 21.4. The van der Waals surface area contributed by atoms with Crippen LogP contribution in [0.4, 0.5) is 0 Å². The van der Waals surface area contributed by atoms with E-state index in [0.29, 0.717) is 0 Å². The largest absolute Gasteiger partial charge is 0.477 e. The molecule has 0 aliphatic rings. The fourth-order valence-electron chi connectivity index (χ4n) is 1.30. The lowest BCUT2D eigenvalue weighted by Crippen LogP contribution is -2.12. The van der Waals surface area contributed by atoms with Gasteiger partial charge in [-0.2, -0.15) is 0 Å². The van der Waals surface area contributed by atoms with Crippen LogP contribution in [0, 0.1) is 0 Å². The van der Waals surface area contributed by atoms with E-state index < -0.39 is 17.5 Å². The van der Waals surface area contributed by atoms with Crippen molar-refractivity contribution >= 4 is 18.0 Å². The lowest BCUT2D eigenvalue weighted by molar-refractivity contribution is -0.140. The third-order valence-electron chi connectivity index (χ3n) is 2.15. The molecule has 1 aromatic carbocycles. The first kappa shape index (κ1) is 12.7. The van der Waals surface area contributed by atoms with Gasteiger partial charge < -0.3 is 10.2 Å². The molecule has 0 heterocycles. The Morgan fingerprint density at radius 3 is 2.06 bits per heavy atom. The summed E-state index contributed by atoms with van der Waals surface area (Å²) in [5.74, 6) is -2.87. The van der Waals surface area contributed by atoms with Crippen molar-refractivity contribution in [1.29, 1.82) is 0 Å². The van der Waals surface area contributed by atoms with Crippen LogP contribution in [0.2, 0.25) is 0 Å². The van der Waals surface area contributed by atoms with E-state index in [1.165, 1.54) is 13.0 Å². The van der Waals surface area contributed by atoms with E-state index in [1.54, 1.807) is 6.08 Å². The highest BCUT2D eigenvalue weighted by Crippen LogP contribution is 2.09. The van der Waals surface area contributed by atoms with E-state index in [0.717, 1.165) is 5.56 Å². The van der Waals surface area contributed by atoms with Gasteiger partial charge in [-0.15, -0.1) is 0 Å². The van der Waals surface area contributed by atoms with Crippen LogP contribution in [-0.4, -0.2) is 22.2 Å². The minimum atomic E-state index is -1.44. The van der Waals surface area contributed by atoms with Gasteiger partial charge in [-0.05, 0) is 18.1 Å². The molecule has 0 saturated heterocycles. The van der Waals surface area contributed by atoms with Gasteiger partial charge in [-0.25, -0.2) is 9.59 Å². The molecule has 0 atom stereocenters. The van der Waals surface area contributed by atoms with E-state index in [1.807, 2.05) is 30.3 Å².